The van der Waals surface area contributed by atoms with Crippen LogP contribution in [0.4, 0.5) is 11.4 Å². The van der Waals surface area contributed by atoms with Crippen LogP contribution < -0.4 is 15.5 Å². The largest absolute Gasteiger partial charge is 0.371 e. The molecular weight excluding hydrogens is 462 g/mol. The van der Waals surface area contributed by atoms with Gasteiger partial charge in [0.15, 0.2) is 10.9 Å². The lowest BCUT2D eigenvalue weighted by molar-refractivity contribution is 0.103. The molecule has 36 heavy (non-hydrogen) atoms. The van der Waals surface area contributed by atoms with Crippen LogP contribution in [0.2, 0.25) is 0 Å². The van der Waals surface area contributed by atoms with Crippen molar-refractivity contribution < 1.29 is 4.79 Å². The zero-order chi connectivity index (χ0) is 25.7. The van der Waals surface area contributed by atoms with Crippen LogP contribution in [-0.4, -0.2) is 24.0 Å². The first-order valence-corrected chi connectivity index (χ1v) is 13.2. The second-order valence-corrected chi connectivity index (χ2v) is 11.3. The minimum Gasteiger partial charge on any atom is -0.371 e. The van der Waals surface area contributed by atoms with Crippen molar-refractivity contribution in [2.24, 2.45) is 5.92 Å². The highest BCUT2D eigenvalue weighted by Gasteiger charge is 2.17. The Balaban J connectivity index is 1.32. The SMILES string of the molecule is C[C@H]1CCCN(c2ccc(CNC(=S)Nc3cccc(C(=O)c4ccc(C(C)(C)C)cc4)c3)cc2)C1. The minimum absolute atomic E-state index is 0.00109. The van der Waals surface area contributed by atoms with E-state index in [9.17, 15) is 4.79 Å². The Hall–Kier alpha value is -3.18. The molecule has 0 saturated carbocycles. The molecule has 1 heterocycles. The van der Waals surface area contributed by atoms with E-state index in [4.69, 9.17) is 12.2 Å². The molecule has 1 aliphatic heterocycles. The van der Waals surface area contributed by atoms with Gasteiger partial charge in [0.25, 0.3) is 0 Å². The van der Waals surface area contributed by atoms with Gasteiger partial charge in [0, 0.05) is 42.1 Å². The Bertz CT molecular complexity index is 1200. The summed E-state index contributed by atoms with van der Waals surface area (Å²) in [6, 6.07) is 24.1. The van der Waals surface area contributed by atoms with Crippen LogP contribution in [0.3, 0.4) is 0 Å². The van der Waals surface area contributed by atoms with Crippen LogP contribution >= 0.6 is 12.2 Å². The molecule has 0 amide bonds. The second kappa shape index (κ2) is 11.3. The zero-order valence-corrected chi connectivity index (χ0v) is 22.6. The van der Waals surface area contributed by atoms with Gasteiger partial charge in [-0.2, -0.15) is 0 Å². The van der Waals surface area contributed by atoms with Crippen LogP contribution in [0.5, 0.6) is 0 Å². The molecule has 0 aliphatic carbocycles. The molecule has 1 fully saturated rings. The van der Waals surface area contributed by atoms with E-state index < -0.39 is 0 Å². The van der Waals surface area contributed by atoms with Crippen molar-refractivity contribution in [1.29, 1.82) is 0 Å². The molecule has 1 saturated heterocycles. The van der Waals surface area contributed by atoms with E-state index in [1.54, 1.807) is 0 Å². The molecule has 0 radical (unpaired) electrons. The summed E-state index contributed by atoms with van der Waals surface area (Å²) in [6.45, 7) is 11.7. The molecule has 1 atom stereocenters. The van der Waals surface area contributed by atoms with Crippen molar-refractivity contribution in [3.8, 4) is 0 Å². The van der Waals surface area contributed by atoms with Crippen LogP contribution in [0.25, 0.3) is 0 Å². The predicted molar refractivity (Wildman–Crippen MR) is 155 cm³/mol. The summed E-state index contributed by atoms with van der Waals surface area (Å²) in [5.41, 5.74) is 5.84. The summed E-state index contributed by atoms with van der Waals surface area (Å²) in [4.78, 5) is 15.5. The van der Waals surface area contributed by atoms with Crippen molar-refractivity contribution in [2.45, 2.75) is 52.5 Å². The molecule has 2 N–H and O–H groups in total. The number of hydrogen-bond donors (Lipinski definition) is 2. The predicted octanol–water partition coefficient (Wildman–Crippen LogP) is 6.94. The second-order valence-electron chi connectivity index (χ2n) is 10.9. The average Bonchev–Trinajstić information content (AvgIpc) is 2.87. The van der Waals surface area contributed by atoms with E-state index in [0.717, 1.165) is 24.7 Å². The smallest absolute Gasteiger partial charge is 0.193 e. The fourth-order valence-electron chi connectivity index (χ4n) is 4.63. The van der Waals surface area contributed by atoms with Gasteiger partial charge < -0.3 is 15.5 Å². The van der Waals surface area contributed by atoms with E-state index in [-0.39, 0.29) is 11.2 Å². The van der Waals surface area contributed by atoms with Crippen LogP contribution in [0.1, 0.15) is 67.6 Å². The van der Waals surface area contributed by atoms with Gasteiger partial charge in [-0.15, -0.1) is 0 Å². The monoisotopic (exact) mass is 499 g/mol. The molecule has 0 unspecified atom stereocenters. The standard InChI is InChI=1S/C31H37N3OS/c1-22-7-6-18-34(21-22)28-16-10-23(11-17-28)20-32-30(36)33-27-9-5-8-25(19-27)29(35)24-12-14-26(15-13-24)31(2,3)4/h5,8-17,19,22H,6-7,18,20-21H2,1-4H3,(H2,32,33,36)/t22-/m0/s1. The number of rotatable bonds is 6. The number of benzene rings is 3. The number of anilines is 2. The number of carbonyl (C=O) groups excluding carboxylic acids is 1. The van der Waals surface area contributed by atoms with Gasteiger partial charge in [0.2, 0.25) is 0 Å². The molecule has 0 aromatic heterocycles. The van der Waals surface area contributed by atoms with Crippen molar-refractivity contribution in [2.75, 3.05) is 23.3 Å². The molecule has 4 nitrogen and oxygen atoms in total. The topological polar surface area (TPSA) is 44.4 Å². The summed E-state index contributed by atoms with van der Waals surface area (Å²) in [6.07, 6.45) is 2.59. The van der Waals surface area contributed by atoms with Gasteiger partial charge >= 0.3 is 0 Å². The molecular formula is C31H37N3OS. The molecule has 3 aromatic rings. The molecule has 0 bridgehead atoms. The van der Waals surface area contributed by atoms with E-state index in [0.29, 0.717) is 22.8 Å². The highest BCUT2D eigenvalue weighted by Crippen LogP contribution is 2.24. The zero-order valence-electron chi connectivity index (χ0n) is 21.8. The lowest BCUT2D eigenvalue weighted by atomic mass is 9.86. The van der Waals surface area contributed by atoms with Gasteiger partial charge in [0.1, 0.15) is 0 Å². The summed E-state index contributed by atoms with van der Waals surface area (Å²) in [5, 5.41) is 7.02. The number of hydrogen-bond acceptors (Lipinski definition) is 3. The van der Waals surface area contributed by atoms with E-state index in [2.05, 4.69) is 67.5 Å². The number of ketones is 1. The summed E-state index contributed by atoms with van der Waals surface area (Å²) >= 11 is 5.51. The molecule has 188 valence electrons. The summed E-state index contributed by atoms with van der Waals surface area (Å²) in [7, 11) is 0. The van der Waals surface area contributed by atoms with Crippen molar-refractivity contribution in [1.82, 2.24) is 5.32 Å². The third kappa shape index (κ3) is 6.73. The third-order valence-electron chi connectivity index (χ3n) is 6.81. The Morgan fingerprint density at radius 2 is 1.72 bits per heavy atom. The maximum Gasteiger partial charge on any atom is 0.193 e. The van der Waals surface area contributed by atoms with Gasteiger partial charge in [-0.25, -0.2) is 0 Å². The summed E-state index contributed by atoms with van der Waals surface area (Å²) in [5.74, 6) is 0.757. The first-order valence-electron chi connectivity index (χ1n) is 12.8. The van der Waals surface area contributed by atoms with Crippen molar-refractivity contribution in [3.05, 3.63) is 95.1 Å². The Morgan fingerprint density at radius 3 is 2.39 bits per heavy atom. The summed E-state index contributed by atoms with van der Waals surface area (Å²) < 4.78 is 0. The van der Waals surface area contributed by atoms with Gasteiger partial charge in [-0.3, -0.25) is 4.79 Å². The van der Waals surface area contributed by atoms with Crippen molar-refractivity contribution in [3.63, 3.8) is 0 Å². The first kappa shape index (κ1) is 25.9. The van der Waals surface area contributed by atoms with E-state index in [1.165, 1.54) is 29.7 Å². The fraction of sp³-hybridized carbons (Fsp3) is 0.355. The van der Waals surface area contributed by atoms with E-state index in [1.807, 2.05) is 48.5 Å². The number of carbonyl (C=O) groups is 1. The average molecular weight is 500 g/mol. The normalized spacial score (nSPS) is 15.9. The Morgan fingerprint density at radius 1 is 1.00 bits per heavy atom. The van der Waals surface area contributed by atoms with Gasteiger partial charge in [-0.05, 0) is 71.8 Å². The number of nitrogens with zero attached hydrogens (tertiary/aromatic N) is 1. The van der Waals surface area contributed by atoms with Crippen molar-refractivity contribution >= 4 is 34.5 Å². The molecule has 3 aromatic carbocycles. The molecule has 1 aliphatic rings. The lowest BCUT2D eigenvalue weighted by Gasteiger charge is -2.32. The molecule has 0 spiro atoms. The maximum absolute atomic E-state index is 13.0. The highest BCUT2D eigenvalue weighted by atomic mass is 32.1. The van der Waals surface area contributed by atoms with E-state index >= 15 is 0 Å². The van der Waals surface area contributed by atoms with Crippen LogP contribution in [0.15, 0.2) is 72.8 Å². The maximum atomic E-state index is 13.0. The highest BCUT2D eigenvalue weighted by molar-refractivity contribution is 7.80. The van der Waals surface area contributed by atoms with Crippen LogP contribution in [0, 0.1) is 5.92 Å². The quantitative estimate of drug-likeness (QED) is 0.284. The fourth-order valence-corrected chi connectivity index (χ4v) is 4.82. The molecule has 4 rings (SSSR count). The number of piperidine rings is 1. The lowest BCUT2D eigenvalue weighted by Crippen LogP contribution is -2.34. The first-order chi connectivity index (χ1) is 17.2. The Labute approximate surface area is 221 Å². The van der Waals surface area contributed by atoms with Gasteiger partial charge in [-0.1, -0.05) is 76.2 Å². The minimum atomic E-state index is 0.00109. The third-order valence-corrected chi connectivity index (χ3v) is 7.05. The number of thiocarbonyl (C=S) groups is 1. The molecule has 5 heteroatoms. The van der Waals surface area contributed by atoms with Crippen LogP contribution in [-0.2, 0) is 12.0 Å². The number of nitrogens with one attached hydrogen (secondary N) is 2. The van der Waals surface area contributed by atoms with Gasteiger partial charge in [0.05, 0.1) is 0 Å². The Kier molecular flexibility index (Phi) is 8.10.